The number of likely N-dealkylation sites (tertiary alicyclic amines) is 1. The molecule has 1 unspecified atom stereocenters. The monoisotopic (exact) mass is 399 g/mol. The van der Waals surface area contributed by atoms with Crippen molar-refractivity contribution in [2.75, 3.05) is 13.1 Å². The van der Waals surface area contributed by atoms with Gasteiger partial charge < -0.3 is 10.0 Å². The number of carboxylic acid groups (broad SMARTS) is 1. The molecule has 1 saturated heterocycles. The molecule has 3 rings (SSSR count). The number of aryl methyl sites for hydroxylation is 1. The average molecular weight is 399 g/mol. The fourth-order valence-electron chi connectivity index (χ4n) is 3.45. The summed E-state index contributed by atoms with van der Waals surface area (Å²) in [7, 11) is 0. The Hall–Kier alpha value is -2.91. The zero-order valence-electron chi connectivity index (χ0n) is 15.0. The summed E-state index contributed by atoms with van der Waals surface area (Å²) in [5.41, 5.74) is -1.73. The summed E-state index contributed by atoms with van der Waals surface area (Å²) in [5.74, 6) is -3.16. The van der Waals surface area contributed by atoms with E-state index in [4.69, 9.17) is 5.11 Å². The van der Waals surface area contributed by atoms with Crippen LogP contribution < -0.4 is 0 Å². The number of aliphatic carboxylic acids is 1. The van der Waals surface area contributed by atoms with E-state index in [2.05, 4.69) is 5.10 Å². The van der Waals surface area contributed by atoms with Gasteiger partial charge in [-0.2, -0.15) is 18.3 Å². The van der Waals surface area contributed by atoms with Crippen molar-refractivity contribution in [3.63, 3.8) is 0 Å². The third-order valence-electron chi connectivity index (χ3n) is 5.08. The number of alkyl halides is 3. The molecule has 1 fully saturated rings. The predicted molar refractivity (Wildman–Crippen MR) is 89.6 cm³/mol. The summed E-state index contributed by atoms with van der Waals surface area (Å²) < 4.78 is 54.6. The lowest BCUT2D eigenvalue weighted by atomic mass is 9.86. The van der Waals surface area contributed by atoms with E-state index in [0.29, 0.717) is 11.4 Å². The second-order valence-electron chi connectivity index (χ2n) is 6.80. The Balaban J connectivity index is 1.94. The van der Waals surface area contributed by atoms with Crippen LogP contribution in [0.2, 0.25) is 0 Å². The molecule has 0 spiro atoms. The van der Waals surface area contributed by atoms with Gasteiger partial charge in [0.25, 0.3) is 5.91 Å². The Kier molecular flexibility index (Phi) is 4.68. The number of carbonyl (C=O) groups excluding carboxylic acids is 1. The number of nitrogens with zero attached hydrogens (tertiary/aromatic N) is 3. The Bertz CT molecular complexity index is 937. The van der Waals surface area contributed by atoms with Crippen molar-refractivity contribution < 1.29 is 32.3 Å². The van der Waals surface area contributed by atoms with E-state index >= 15 is 0 Å². The Morgan fingerprint density at radius 1 is 1.18 bits per heavy atom. The van der Waals surface area contributed by atoms with Gasteiger partial charge in [0.2, 0.25) is 0 Å². The van der Waals surface area contributed by atoms with Crippen molar-refractivity contribution in [2.45, 2.75) is 26.4 Å². The van der Waals surface area contributed by atoms with Crippen LogP contribution in [-0.4, -0.2) is 50.9 Å². The zero-order valence-corrected chi connectivity index (χ0v) is 15.0. The van der Waals surface area contributed by atoms with Crippen molar-refractivity contribution in [3.8, 4) is 5.69 Å². The number of hydrogen-bond donors (Lipinski definition) is 1. The molecule has 1 amide bonds. The van der Waals surface area contributed by atoms with E-state index in [9.17, 15) is 27.2 Å². The van der Waals surface area contributed by atoms with Crippen molar-refractivity contribution in [2.24, 2.45) is 5.41 Å². The molecule has 10 heteroatoms. The molecule has 2 heterocycles. The number of carboxylic acids is 1. The molecule has 2 aromatic rings. The maximum absolute atomic E-state index is 13.4. The van der Waals surface area contributed by atoms with Crippen LogP contribution >= 0.6 is 0 Å². The Morgan fingerprint density at radius 3 is 2.29 bits per heavy atom. The molecule has 1 aliphatic heterocycles. The molecular weight excluding hydrogens is 382 g/mol. The van der Waals surface area contributed by atoms with E-state index in [1.54, 1.807) is 6.92 Å². The van der Waals surface area contributed by atoms with Gasteiger partial charge in [0.05, 0.1) is 22.6 Å². The Morgan fingerprint density at radius 2 is 1.79 bits per heavy atom. The van der Waals surface area contributed by atoms with Crippen LogP contribution in [0.25, 0.3) is 5.69 Å². The second kappa shape index (κ2) is 6.61. The molecule has 1 aromatic heterocycles. The minimum absolute atomic E-state index is 0.104. The molecule has 0 radical (unpaired) electrons. The fourth-order valence-corrected chi connectivity index (χ4v) is 3.45. The van der Waals surface area contributed by atoms with Crippen LogP contribution in [0.5, 0.6) is 0 Å². The van der Waals surface area contributed by atoms with Gasteiger partial charge in [-0.15, -0.1) is 0 Å². The summed E-state index contributed by atoms with van der Waals surface area (Å²) in [6.07, 6.45) is -5.68. The van der Waals surface area contributed by atoms with Crippen LogP contribution in [0.4, 0.5) is 17.6 Å². The highest BCUT2D eigenvalue weighted by molar-refractivity contribution is 5.97. The average Bonchev–Trinajstić information content (AvgIpc) is 3.18. The molecule has 6 nitrogen and oxygen atoms in total. The van der Waals surface area contributed by atoms with E-state index in [1.165, 1.54) is 35.9 Å². The summed E-state index contributed by atoms with van der Waals surface area (Å²) >= 11 is 0. The number of hydrogen-bond acceptors (Lipinski definition) is 3. The van der Waals surface area contributed by atoms with Crippen LogP contribution in [0.15, 0.2) is 24.3 Å². The summed E-state index contributed by atoms with van der Waals surface area (Å²) in [6.45, 7) is 1.82. The normalized spacial score (nSPS) is 19.9. The van der Waals surface area contributed by atoms with Crippen molar-refractivity contribution in [1.29, 1.82) is 0 Å². The van der Waals surface area contributed by atoms with Crippen LogP contribution in [0.1, 0.15) is 28.2 Å². The van der Waals surface area contributed by atoms with Gasteiger partial charge in [-0.05, 0) is 44.5 Å². The lowest BCUT2D eigenvalue weighted by Crippen LogP contribution is -2.47. The number of rotatable bonds is 3. The van der Waals surface area contributed by atoms with Crippen molar-refractivity contribution in [3.05, 3.63) is 47.0 Å². The number of amides is 1. The first kappa shape index (κ1) is 19.8. The van der Waals surface area contributed by atoms with Gasteiger partial charge in [0.15, 0.2) is 5.41 Å². The third kappa shape index (κ3) is 3.02. The lowest BCUT2D eigenvalue weighted by molar-refractivity contribution is -0.227. The van der Waals surface area contributed by atoms with Crippen molar-refractivity contribution >= 4 is 11.9 Å². The second-order valence-corrected chi connectivity index (χ2v) is 6.80. The first-order valence-corrected chi connectivity index (χ1v) is 8.39. The molecule has 0 saturated carbocycles. The molecule has 0 aliphatic carbocycles. The maximum atomic E-state index is 13.4. The van der Waals surface area contributed by atoms with Gasteiger partial charge in [0.1, 0.15) is 5.82 Å². The lowest BCUT2D eigenvalue weighted by Gasteiger charge is -2.27. The molecule has 1 N–H and O–H groups in total. The van der Waals surface area contributed by atoms with E-state index in [0.717, 1.165) is 4.90 Å². The first-order valence-electron chi connectivity index (χ1n) is 8.39. The molecule has 1 atom stereocenters. The standard InChI is InChI=1S/C18H17F4N3O3/c1-10-14(11(2)25(23-10)13-5-3-12(19)4-6-13)15(26)24-8-7-17(9-24,16(27)28)18(20,21)22/h3-6H,7-9H2,1-2H3,(H,27,28). The van der Waals surface area contributed by atoms with Crippen LogP contribution in [-0.2, 0) is 4.79 Å². The molecule has 150 valence electrons. The van der Waals surface area contributed by atoms with Gasteiger partial charge in [-0.1, -0.05) is 0 Å². The topological polar surface area (TPSA) is 75.4 Å². The van der Waals surface area contributed by atoms with E-state index < -0.39 is 42.3 Å². The minimum atomic E-state index is -4.98. The van der Waals surface area contributed by atoms with Crippen molar-refractivity contribution in [1.82, 2.24) is 14.7 Å². The number of benzene rings is 1. The summed E-state index contributed by atoms with van der Waals surface area (Å²) in [6, 6.07) is 5.35. The SMILES string of the molecule is Cc1nn(-c2ccc(F)cc2)c(C)c1C(=O)N1CCC(C(=O)O)(C(F)(F)F)C1. The van der Waals surface area contributed by atoms with Gasteiger partial charge >= 0.3 is 12.1 Å². The predicted octanol–water partition coefficient (Wildman–Crippen LogP) is 3.11. The number of halogens is 4. The Labute approximate surface area is 157 Å². The fraction of sp³-hybridized carbons (Fsp3) is 0.389. The highest BCUT2D eigenvalue weighted by atomic mass is 19.4. The van der Waals surface area contributed by atoms with Crippen LogP contribution in [0, 0.1) is 25.1 Å². The van der Waals surface area contributed by atoms with Gasteiger partial charge in [0, 0.05) is 13.1 Å². The largest absolute Gasteiger partial charge is 0.481 e. The summed E-state index contributed by atoms with van der Waals surface area (Å²) in [5, 5.41) is 13.4. The van der Waals surface area contributed by atoms with Gasteiger partial charge in [-0.25, -0.2) is 9.07 Å². The third-order valence-corrected chi connectivity index (χ3v) is 5.08. The highest BCUT2D eigenvalue weighted by Gasteiger charge is 2.64. The highest BCUT2D eigenvalue weighted by Crippen LogP contribution is 2.46. The first-order chi connectivity index (χ1) is 13.0. The molecule has 1 aromatic carbocycles. The van der Waals surface area contributed by atoms with Gasteiger partial charge in [-0.3, -0.25) is 9.59 Å². The minimum Gasteiger partial charge on any atom is -0.481 e. The number of carbonyl (C=O) groups is 2. The number of aromatic nitrogens is 2. The quantitative estimate of drug-likeness (QED) is 0.805. The molecular formula is C18H17F4N3O3. The molecule has 1 aliphatic rings. The molecule has 0 bridgehead atoms. The molecule has 28 heavy (non-hydrogen) atoms. The zero-order chi connectivity index (χ0) is 20.9. The summed E-state index contributed by atoms with van der Waals surface area (Å²) in [4.78, 5) is 25.1. The maximum Gasteiger partial charge on any atom is 0.406 e. The van der Waals surface area contributed by atoms with Crippen LogP contribution in [0.3, 0.4) is 0 Å². The van der Waals surface area contributed by atoms with E-state index in [-0.39, 0.29) is 17.8 Å². The van der Waals surface area contributed by atoms with E-state index in [1.807, 2.05) is 0 Å². The smallest absolute Gasteiger partial charge is 0.406 e.